The van der Waals surface area contributed by atoms with Gasteiger partial charge in [0.1, 0.15) is 0 Å². The fraction of sp³-hybridized carbons (Fsp3) is 1.00. The van der Waals surface area contributed by atoms with E-state index in [1.54, 1.807) is 0 Å². The quantitative estimate of drug-likeness (QED) is 0.682. The van der Waals surface area contributed by atoms with Gasteiger partial charge in [-0.2, -0.15) is 8.42 Å². The molecule has 1 saturated carbocycles. The van der Waals surface area contributed by atoms with E-state index in [2.05, 4.69) is 6.92 Å². The SMILES string of the molecule is CC1CCC(CCOS(C)(=O)=O)CC1. The molecule has 3 nitrogen and oxygen atoms in total. The van der Waals surface area contributed by atoms with E-state index in [0.29, 0.717) is 12.5 Å². The Morgan fingerprint density at radius 2 is 1.79 bits per heavy atom. The van der Waals surface area contributed by atoms with E-state index in [0.717, 1.165) is 18.6 Å². The lowest BCUT2D eigenvalue weighted by Crippen LogP contribution is -2.15. The maximum Gasteiger partial charge on any atom is 0.264 e. The highest BCUT2D eigenvalue weighted by atomic mass is 32.2. The first-order valence-electron chi connectivity index (χ1n) is 5.32. The maximum atomic E-state index is 10.7. The molecule has 0 aromatic heterocycles. The normalized spacial score (nSPS) is 29.0. The first-order valence-corrected chi connectivity index (χ1v) is 7.13. The average Bonchev–Trinajstić information content (AvgIpc) is 2.06. The van der Waals surface area contributed by atoms with Crippen LogP contribution in [-0.4, -0.2) is 21.3 Å². The minimum absolute atomic E-state index is 0.359. The lowest BCUT2D eigenvalue weighted by Gasteiger charge is -2.25. The molecule has 0 bridgehead atoms. The van der Waals surface area contributed by atoms with Crippen molar-refractivity contribution in [3.05, 3.63) is 0 Å². The summed E-state index contributed by atoms with van der Waals surface area (Å²) in [4.78, 5) is 0. The zero-order valence-electron chi connectivity index (χ0n) is 9.03. The smallest absolute Gasteiger partial charge is 0.264 e. The molecule has 1 aliphatic carbocycles. The Balaban J connectivity index is 2.14. The molecule has 14 heavy (non-hydrogen) atoms. The maximum absolute atomic E-state index is 10.7. The molecule has 1 fully saturated rings. The zero-order valence-corrected chi connectivity index (χ0v) is 9.85. The van der Waals surface area contributed by atoms with Crippen molar-refractivity contribution >= 4 is 10.1 Å². The molecule has 4 heteroatoms. The van der Waals surface area contributed by atoms with E-state index >= 15 is 0 Å². The highest BCUT2D eigenvalue weighted by Crippen LogP contribution is 2.30. The average molecular weight is 220 g/mol. The van der Waals surface area contributed by atoms with Crippen molar-refractivity contribution in [1.29, 1.82) is 0 Å². The summed E-state index contributed by atoms with van der Waals surface area (Å²) in [6.07, 6.45) is 7.02. The fourth-order valence-corrected chi connectivity index (χ4v) is 2.38. The van der Waals surface area contributed by atoms with Gasteiger partial charge in [-0.05, 0) is 18.3 Å². The topological polar surface area (TPSA) is 43.4 Å². The van der Waals surface area contributed by atoms with Gasteiger partial charge >= 0.3 is 0 Å². The van der Waals surface area contributed by atoms with E-state index in [9.17, 15) is 8.42 Å². The van der Waals surface area contributed by atoms with Crippen LogP contribution in [-0.2, 0) is 14.3 Å². The Morgan fingerprint density at radius 1 is 1.21 bits per heavy atom. The summed E-state index contributed by atoms with van der Waals surface area (Å²) in [7, 11) is -3.24. The van der Waals surface area contributed by atoms with Crippen molar-refractivity contribution in [3.63, 3.8) is 0 Å². The summed E-state index contributed by atoms with van der Waals surface area (Å²) in [5, 5.41) is 0. The van der Waals surface area contributed by atoms with Crippen LogP contribution in [0.5, 0.6) is 0 Å². The van der Waals surface area contributed by atoms with E-state index in [-0.39, 0.29) is 0 Å². The zero-order chi connectivity index (χ0) is 10.6. The van der Waals surface area contributed by atoms with E-state index in [1.165, 1.54) is 25.7 Å². The Labute approximate surface area is 87.0 Å². The van der Waals surface area contributed by atoms with Crippen molar-refractivity contribution in [2.45, 2.75) is 39.0 Å². The fourth-order valence-electron chi connectivity index (χ4n) is 1.98. The third kappa shape index (κ3) is 4.96. The number of hydrogen-bond donors (Lipinski definition) is 0. The third-order valence-corrected chi connectivity index (χ3v) is 3.55. The van der Waals surface area contributed by atoms with Gasteiger partial charge in [-0.25, -0.2) is 0 Å². The summed E-state index contributed by atoms with van der Waals surface area (Å²) in [5.41, 5.74) is 0. The summed E-state index contributed by atoms with van der Waals surface area (Å²) in [6, 6.07) is 0. The van der Waals surface area contributed by atoms with Crippen molar-refractivity contribution in [2.75, 3.05) is 12.9 Å². The molecule has 0 spiro atoms. The third-order valence-electron chi connectivity index (χ3n) is 2.96. The Hall–Kier alpha value is -0.0900. The molecule has 0 unspecified atom stereocenters. The minimum Gasteiger partial charge on any atom is -0.270 e. The van der Waals surface area contributed by atoms with Gasteiger partial charge < -0.3 is 0 Å². The predicted octanol–water partition coefficient (Wildman–Crippen LogP) is 2.18. The van der Waals surface area contributed by atoms with Crippen molar-refractivity contribution < 1.29 is 12.6 Å². The first kappa shape index (κ1) is 12.0. The van der Waals surface area contributed by atoms with Gasteiger partial charge in [0.05, 0.1) is 12.9 Å². The standard InChI is InChI=1S/C10H20O3S/c1-9-3-5-10(6-4-9)7-8-13-14(2,11)12/h9-10H,3-8H2,1-2H3. The lowest BCUT2D eigenvalue weighted by atomic mass is 9.82. The largest absolute Gasteiger partial charge is 0.270 e. The molecular formula is C10H20O3S. The highest BCUT2D eigenvalue weighted by molar-refractivity contribution is 7.85. The van der Waals surface area contributed by atoms with Gasteiger partial charge in [0.2, 0.25) is 0 Å². The van der Waals surface area contributed by atoms with E-state index in [4.69, 9.17) is 4.18 Å². The molecule has 1 rings (SSSR count). The molecule has 0 saturated heterocycles. The molecule has 0 heterocycles. The molecule has 0 atom stereocenters. The van der Waals surface area contributed by atoms with E-state index in [1.807, 2.05) is 0 Å². The number of hydrogen-bond acceptors (Lipinski definition) is 3. The summed E-state index contributed by atoms with van der Waals surface area (Å²) in [5.74, 6) is 1.52. The monoisotopic (exact) mass is 220 g/mol. The lowest BCUT2D eigenvalue weighted by molar-refractivity contribution is 0.227. The van der Waals surface area contributed by atoms with Crippen LogP contribution in [0.3, 0.4) is 0 Å². The molecule has 0 aromatic carbocycles. The predicted molar refractivity (Wildman–Crippen MR) is 56.5 cm³/mol. The molecule has 1 aliphatic rings. The van der Waals surface area contributed by atoms with Gasteiger partial charge in [-0.15, -0.1) is 0 Å². The van der Waals surface area contributed by atoms with Crippen molar-refractivity contribution in [3.8, 4) is 0 Å². The van der Waals surface area contributed by atoms with Crippen LogP contribution >= 0.6 is 0 Å². The summed E-state index contributed by atoms with van der Waals surface area (Å²) < 4.78 is 26.1. The van der Waals surface area contributed by atoms with Gasteiger partial charge in [-0.3, -0.25) is 4.18 Å². The van der Waals surface area contributed by atoms with Gasteiger partial charge in [0, 0.05) is 0 Å². The molecule has 0 radical (unpaired) electrons. The Kier molecular flexibility index (Phi) is 4.38. The second kappa shape index (κ2) is 5.12. The molecular weight excluding hydrogens is 200 g/mol. The minimum atomic E-state index is -3.24. The van der Waals surface area contributed by atoms with Crippen LogP contribution in [0, 0.1) is 11.8 Å². The van der Waals surface area contributed by atoms with Crippen molar-refractivity contribution in [2.24, 2.45) is 11.8 Å². The molecule has 0 N–H and O–H groups in total. The Bertz CT molecular complexity index is 251. The van der Waals surface area contributed by atoms with Crippen LogP contribution in [0.4, 0.5) is 0 Å². The summed E-state index contributed by atoms with van der Waals surface area (Å²) in [6.45, 7) is 2.64. The van der Waals surface area contributed by atoms with Crippen LogP contribution < -0.4 is 0 Å². The molecule has 84 valence electrons. The molecule has 0 aliphatic heterocycles. The second-order valence-corrected chi connectivity index (χ2v) is 6.08. The van der Waals surface area contributed by atoms with Gasteiger partial charge in [0.25, 0.3) is 10.1 Å². The summed E-state index contributed by atoms with van der Waals surface area (Å²) >= 11 is 0. The van der Waals surface area contributed by atoms with Crippen molar-refractivity contribution in [1.82, 2.24) is 0 Å². The molecule has 0 amide bonds. The van der Waals surface area contributed by atoms with Crippen LogP contribution in [0.15, 0.2) is 0 Å². The highest BCUT2D eigenvalue weighted by Gasteiger charge is 2.18. The van der Waals surface area contributed by atoms with Crippen LogP contribution in [0.2, 0.25) is 0 Å². The van der Waals surface area contributed by atoms with Crippen LogP contribution in [0.1, 0.15) is 39.0 Å². The Morgan fingerprint density at radius 3 is 2.29 bits per heavy atom. The number of rotatable bonds is 4. The van der Waals surface area contributed by atoms with Gasteiger partial charge in [0.15, 0.2) is 0 Å². The van der Waals surface area contributed by atoms with E-state index < -0.39 is 10.1 Å². The first-order chi connectivity index (χ1) is 6.47. The van der Waals surface area contributed by atoms with Crippen LogP contribution in [0.25, 0.3) is 0 Å². The van der Waals surface area contributed by atoms with Gasteiger partial charge in [-0.1, -0.05) is 32.6 Å². The molecule has 0 aromatic rings. The second-order valence-electron chi connectivity index (χ2n) is 4.44.